The van der Waals surface area contributed by atoms with Gasteiger partial charge < -0.3 is 29.7 Å². The number of pyridine rings is 1. The van der Waals surface area contributed by atoms with E-state index in [0.29, 0.717) is 41.2 Å². The first-order chi connectivity index (χ1) is 20.5. The molecule has 0 aliphatic heterocycles. The number of rotatable bonds is 10. The Morgan fingerprint density at radius 3 is 2.40 bits per heavy atom. The fourth-order valence-electron chi connectivity index (χ4n) is 5.47. The van der Waals surface area contributed by atoms with Gasteiger partial charge in [0.05, 0.1) is 38.2 Å². The molecule has 0 spiro atoms. The lowest BCUT2D eigenvalue weighted by Gasteiger charge is -2.28. The van der Waals surface area contributed by atoms with Gasteiger partial charge in [-0.05, 0) is 36.1 Å². The second-order valence-corrected chi connectivity index (χ2v) is 12.0. The number of hydrogen-bond donors (Lipinski definition) is 2. The van der Waals surface area contributed by atoms with Gasteiger partial charge in [0.2, 0.25) is 0 Å². The lowest BCUT2D eigenvalue weighted by molar-refractivity contribution is -0.126. The summed E-state index contributed by atoms with van der Waals surface area (Å²) in [6.45, 7) is 0.617. The van der Waals surface area contributed by atoms with Gasteiger partial charge in [0.15, 0.2) is 11.6 Å². The number of methoxy groups -OCH3 is 2. The summed E-state index contributed by atoms with van der Waals surface area (Å²) in [5.74, 6) is 1.91. The average Bonchev–Trinajstić information content (AvgIpc) is 3.55. The second kappa shape index (κ2) is 12.5. The van der Waals surface area contributed by atoms with Crippen molar-refractivity contribution in [3.63, 3.8) is 0 Å². The van der Waals surface area contributed by atoms with Gasteiger partial charge in [0, 0.05) is 50.4 Å². The molecule has 1 fully saturated rings. The molecule has 2 N–H and O–H groups in total. The van der Waals surface area contributed by atoms with Crippen LogP contribution in [0, 0.1) is 0 Å². The first kappa shape index (κ1) is 30.8. The molecule has 0 saturated heterocycles. The number of ether oxygens (including phenoxy) is 2. The third-order valence-corrected chi connectivity index (χ3v) is 8.68. The van der Waals surface area contributed by atoms with Crippen LogP contribution in [0.5, 0.6) is 11.8 Å². The summed E-state index contributed by atoms with van der Waals surface area (Å²) in [5.41, 5.74) is 3.08. The molecule has 3 atom stereocenters. The molecule has 9 nitrogen and oxygen atoms in total. The first-order valence-electron chi connectivity index (χ1n) is 13.8. The van der Waals surface area contributed by atoms with E-state index in [1.807, 2.05) is 48.3 Å². The average molecular weight is 617 g/mol. The first-order valence-corrected chi connectivity index (χ1v) is 14.6. The smallest absolute Gasteiger partial charge is 0.393 e. The molecule has 5 rings (SSSR count). The highest BCUT2D eigenvalue weighted by molar-refractivity contribution is 7.18. The Hall–Kier alpha value is -3.68. The Morgan fingerprint density at radius 1 is 1.00 bits per heavy atom. The third kappa shape index (κ3) is 6.94. The van der Waals surface area contributed by atoms with E-state index in [1.54, 1.807) is 14.2 Å². The fourth-order valence-corrected chi connectivity index (χ4v) is 6.52. The van der Waals surface area contributed by atoms with Gasteiger partial charge in [-0.25, -0.2) is 4.98 Å². The second-order valence-electron chi connectivity index (χ2n) is 10.9. The van der Waals surface area contributed by atoms with E-state index < -0.39 is 18.7 Å². The molecule has 0 unspecified atom stereocenters. The molecule has 3 heterocycles. The van der Waals surface area contributed by atoms with Crippen LogP contribution in [0.1, 0.15) is 23.3 Å². The molecule has 0 amide bonds. The van der Waals surface area contributed by atoms with Crippen LogP contribution in [-0.2, 0) is 13.0 Å². The minimum Gasteiger partial charge on any atom is -0.493 e. The lowest BCUT2D eigenvalue weighted by Crippen LogP contribution is -2.38. The van der Waals surface area contributed by atoms with E-state index in [9.17, 15) is 18.3 Å². The normalized spacial score (nSPS) is 18.7. The summed E-state index contributed by atoms with van der Waals surface area (Å²) in [5, 5.41) is 15.0. The maximum absolute atomic E-state index is 13.1. The van der Waals surface area contributed by atoms with Crippen molar-refractivity contribution >= 4 is 33.2 Å². The molecular formula is C30H35F3N6O3S. The summed E-state index contributed by atoms with van der Waals surface area (Å²) in [6, 6.07) is 11.5. The van der Waals surface area contributed by atoms with Crippen molar-refractivity contribution in [3.05, 3.63) is 53.0 Å². The lowest BCUT2D eigenvalue weighted by atomic mass is 10.0. The number of aromatic nitrogens is 3. The van der Waals surface area contributed by atoms with Crippen molar-refractivity contribution in [1.82, 2.24) is 20.3 Å². The van der Waals surface area contributed by atoms with Gasteiger partial charge in [-0.15, -0.1) is 11.3 Å². The van der Waals surface area contributed by atoms with Crippen molar-refractivity contribution in [2.24, 2.45) is 0 Å². The molecule has 1 aromatic carbocycles. The Balaban J connectivity index is 1.25. The molecule has 3 aromatic heterocycles. The van der Waals surface area contributed by atoms with Gasteiger partial charge in [0.1, 0.15) is 10.6 Å². The monoisotopic (exact) mass is 616 g/mol. The number of likely N-dealkylation sites (N-methyl/N-ethyl adjacent to an activating group) is 1. The number of halogens is 3. The summed E-state index contributed by atoms with van der Waals surface area (Å²) >= 11 is 0.974. The van der Waals surface area contributed by atoms with Gasteiger partial charge in [-0.1, -0.05) is 24.3 Å². The molecule has 230 valence electrons. The zero-order valence-electron chi connectivity index (χ0n) is 24.6. The van der Waals surface area contributed by atoms with E-state index in [2.05, 4.69) is 32.4 Å². The number of alkyl halides is 3. The molecular weight excluding hydrogens is 581 g/mol. The molecule has 1 aliphatic carbocycles. The highest BCUT2D eigenvalue weighted by Gasteiger charge is 2.37. The van der Waals surface area contributed by atoms with E-state index in [0.717, 1.165) is 33.8 Å². The van der Waals surface area contributed by atoms with Crippen molar-refractivity contribution < 1.29 is 27.8 Å². The number of benzene rings is 1. The van der Waals surface area contributed by atoms with Crippen molar-refractivity contribution in [3.8, 4) is 22.9 Å². The Kier molecular flexibility index (Phi) is 8.95. The zero-order valence-corrected chi connectivity index (χ0v) is 25.5. The number of nitrogens with zero attached hydrogens (tertiary/aromatic N) is 5. The fraction of sp³-hybridized carbons (Fsp3) is 0.433. The predicted molar refractivity (Wildman–Crippen MR) is 162 cm³/mol. The molecule has 13 heteroatoms. The number of thiophene rings is 1. The Morgan fingerprint density at radius 2 is 1.74 bits per heavy atom. The minimum atomic E-state index is -4.33. The maximum Gasteiger partial charge on any atom is 0.393 e. The van der Waals surface area contributed by atoms with E-state index >= 15 is 0 Å². The largest absolute Gasteiger partial charge is 0.493 e. The number of fused-ring (bicyclic) bond motifs is 1. The third-order valence-electron chi connectivity index (χ3n) is 7.65. The number of hydrogen-bond acceptors (Lipinski definition) is 10. The predicted octanol–water partition coefficient (Wildman–Crippen LogP) is 5.06. The van der Waals surface area contributed by atoms with Crippen molar-refractivity contribution in [2.75, 3.05) is 45.2 Å². The standard InChI is InChI=1S/C30H35F3N6O3S/c1-38(2)27-25(41-4)10-19(16-35-27)18-8-6-17(7-9-18)15-34-20-11-23(24(40)12-20)39(3)26-22-13-21(14-30(31,32)33)43-28(22)37-29(36-26)42-5/h6-10,13,16,20,23-24,34,40H,11-12,14-15H2,1-5H3/t20-,23+,24-/m1/s1. The SMILES string of the molecule is COc1nc(N(C)[C@H]2C[C@@H](NCc3ccc(-c4cnc(N(C)C)c(OC)c4)cc3)C[C@H]2O)c2cc(CC(F)(F)F)sc2n1. The molecule has 43 heavy (non-hydrogen) atoms. The summed E-state index contributed by atoms with van der Waals surface area (Å²) in [6.07, 6.45) is -3.02. The summed E-state index contributed by atoms with van der Waals surface area (Å²) in [4.78, 5) is 17.6. The number of aliphatic hydroxyl groups excluding tert-OH is 1. The molecule has 0 radical (unpaired) electrons. The van der Waals surface area contributed by atoms with E-state index in [-0.39, 0.29) is 23.0 Å². The molecule has 4 aromatic rings. The van der Waals surface area contributed by atoms with Crippen molar-refractivity contribution in [2.45, 2.75) is 50.2 Å². The molecule has 1 saturated carbocycles. The van der Waals surface area contributed by atoms with Crippen LogP contribution >= 0.6 is 11.3 Å². The number of anilines is 2. The number of nitrogens with one attached hydrogen (secondary N) is 1. The Bertz CT molecular complexity index is 1560. The Labute approximate surface area is 252 Å². The van der Waals surface area contributed by atoms with Crippen LogP contribution in [-0.4, -0.2) is 79.8 Å². The minimum absolute atomic E-state index is 0.0386. The van der Waals surface area contributed by atoms with E-state index in [4.69, 9.17) is 9.47 Å². The summed E-state index contributed by atoms with van der Waals surface area (Å²) in [7, 11) is 8.69. The van der Waals surface area contributed by atoms with Crippen LogP contribution in [0.15, 0.2) is 42.6 Å². The highest BCUT2D eigenvalue weighted by atomic mass is 32.1. The summed E-state index contributed by atoms with van der Waals surface area (Å²) < 4.78 is 49.9. The van der Waals surface area contributed by atoms with Crippen LogP contribution < -0.4 is 24.6 Å². The topological polar surface area (TPSA) is 95.9 Å². The van der Waals surface area contributed by atoms with Gasteiger partial charge in [0.25, 0.3) is 0 Å². The van der Waals surface area contributed by atoms with Crippen LogP contribution in [0.4, 0.5) is 24.8 Å². The van der Waals surface area contributed by atoms with Crippen molar-refractivity contribution in [1.29, 1.82) is 0 Å². The van der Waals surface area contributed by atoms with Crippen LogP contribution in [0.2, 0.25) is 0 Å². The molecule has 0 bridgehead atoms. The zero-order chi connectivity index (χ0) is 30.9. The van der Waals surface area contributed by atoms with Gasteiger partial charge in [-0.2, -0.15) is 23.1 Å². The molecule has 1 aliphatic rings. The number of aliphatic hydroxyl groups is 1. The van der Waals surface area contributed by atoms with Crippen LogP contribution in [0.25, 0.3) is 21.3 Å². The van der Waals surface area contributed by atoms with Gasteiger partial charge in [-0.3, -0.25) is 0 Å². The maximum atomic E-state index is 13.1. The quantitative estimate of drug-likeness (QED) is 0.254. The van der Waals surface area contributed by atoms with Gasteiger partial charge >= 0.3 is 12.2 Å². The highest BCUT2D eigenvalue weighted by Crippen LogP contribution is 2.37. The van der Waals surface area contributed by atoms with E-state index in [1.165, 1.54) is 13.2 Å². The van der Waals surface area contributed by atoms with Crippen LogP contribution in [0.3, 0.4) is 0 Å².